The number of nitrogens with zero attached hydrogens (tertiary/aromatic N) is 2. The van der Waals surface area contributed by atoms with Crippen LogP contribution in [0.15, 0.2) is 24.3 Å². The van der Waals surface area contributed by atoms with Crippen LogP contribution in [-0.2, 0) is 25.6 Å². The number of hydrogen-bond donors (Lipinski definition) is 1. The Labute approximate surface area is 121 Å². The first-order chi connectivity index (χ1) is 9.90. The monoisotopic (exact) mass is 297 g/mol. The van der Waals surface area contributed by atoms with Crippen LogP contribution in [0.5, 0.6) is 0 Å². The van der Waals surface area contributed by atoms with Gasteiger partial charge in [0.15, 0.2) is 0 Å². The third-order valence-corrected chi connectivity index (χ3v) is 3.39. The zero-order valence-electron chi connectivity index (χ0n) is 12.0. The fourth-order valence-electron chi connectivity index (χ4n) is 2.23. The summed E-state index contributed by atoms with van der Waals surface area (Å²) in [5, 5.41) is 4.28. The van der Waals surface area contributed by atoms with Gasteiger partial charge in [0.1, 0.15) is 0 Å². The molecule has 0 atom stereocenters. The van der Waals surface area contributed by atoms with E-state index in [9.17, 15) is 13.2 Å². The molecule has 0 amide bonds. The SMILES string of the molecule is CCc1cc(CC)n(-c2ccc(CN)cc2C(F)(F)F)n1. The number of rotatable bonds is 4. The largest absolute Gasteiger partial charge is 0.418 e. The van der Waals surface area contributed by atoms with Crippen LogP contribution in [0.25, 0.3) is 5.69 Å². The maximum Gasteiger partial charge on any atom is 0.418 e. The lowest BCUT2D eigenvalue weighted by atomic mass is 10.1. The molecule has 0 saturated heterocycles. The van der Waals surface area contributed by atoms with Crippen LogP contribution in [0.3, 0.4) is 0 Å². The first kappa shape index (κ1) is 15.6. The summed E-state index contributed by atoms with van der Waals surface area (Å²) < 4.78 is 41.3. The average Bonchev–Trinajstić information content (AvgIpc) is 2.89. The highest BCUT2D eigenvalue weighted by atomic mass is 19.4. The minimum absolute atomic E-state index is 0.0521. The van der Waals surface area contributed by atoms with Gasteiger partial charge >= 0.3 is 6.18 Å². The van der Waals surface area contributed by atoms with Crippen LogP contribution >= 0.6 is 0 Å². The van der Waals surface area contributed by atoms with Gasteiger partial charge in [-0.1, -0.05) is 19.9 Å². The molecular formula is C15H18F3N3. The van der Waals surface area contributed by atoms with Gasteiger partial charge in [-0.25, -0.2) is 4.68 Å². The second kappa shape index (κ2) is 5.89. The Kier molecular flexibility index (Phi) is 4.37. The number of aryl methyl sites for hydroxylation is 2. The number of alkyl halides is 3. The molecule has 1 heterocycles. The van der Waals surface area contributed by atoms with Crippen molar-refractivity contribution in [3.8, 4) is 5.69 Å². The number of hydrogen-bond acceptors (Lipinski definition) is 2. The summed E-state index contributed by atoms with van der Waals surface area (Å²) in [7, 11) is 0. The molecule has 0 unspecified atom stereocenters. The minimum Gasteiger partial charge on any atom is -0.326 e. The Morgan fingerprint density at radius 1 is 1.14 bits per heavy atom. The normalized spacial score (nSPS) is 11.9. The zero-order valence-corrected chi connectivity index (χ0v) is 12.0. The first-order valence-electron chi connectivity index (χ1n) is 6.89. The van der Waals surface area contributed by atoms with Crippen molar-refractivity contribution >= 4 is 0 Å². The van der Waals surface area contributed by atoms with Crippen molar-refractivity contribution in [2.45, 2.75) is 39.4 Å². The standard InChI is InChI=1S/C15H18F3N3/c1-3-11-8-12(4-2)21(20-11)14-6-5-10(9-19)7-13(14)15(16,17)18/h5-8H,3-4,9,19H2,1-2H3. The van der Waals surface area contributed by atoms with Gasteiger partial charge in [0.25, 0.3) is 0 Å². The van der Waals surface area contributed by atoms with Gasteiger partial charge in [-0.3, -0.25) is 0 Å². The topological polar surface area (TPSA) is 43.8 Å². The van der Waals surface area contributed by atoms with Gasteiger partial charge in [0.2, 0.25) is 0 Å². The predicted octanol–water partition coefficient (Wildman–Crippen LogP) is 3.47. The van der Waals surface area contributed by atoms with Crippen LogP contribution in [0.2, 0.25) is 0 Å². The molecule has 0 aliphatic carbocycles. The van der Waals surface area contributed by atoms with Crippen molar-refractivity contribution in [1.29, 1.82) is 0 Å². The van der Waals surface area contributed by atoms with Gasteiger partial charge in [0, 0.05) is 12.2 Å². The zero-order chi connectivity index (χ0) is 15.6. The Balaban J connectivity index is 2.65. The van der Waals surface area contributed by atoms with Gasteiger partial charge in [0.05, 0.1) is 16.9 Å². The van der Waals surface area contributed by atoms with E-state index in [1.807, 2.05) is 19.9 Å². The molecule has 3 nitrogen and oxygen atoms in total. The van der Waals surface area contributed by atoms with E-state index in [1.54, 1.807) is 6.07 Å². The van der Waals surface area contributed by atoms with E-state index >= 15 is 0 Å². The van der Waals surface area contributed by atoms with E-state index in [4.69, 9.17) is 5.73 Å². The summed E-state index contributed by atoms with van der Waals surface area (Å²) in [6.07, 6.45) is -3.14. The molecule has 0 radical (unpaired) electrons. The molecule has 0 saturated carbocycles. The minimum atomic E-state index is -4.44. The van der Waals surface area contributed by atoms with Crippen molar-refractivity contribution in [2.75, 3.05) is 0 Å². The number of aromatic nitrogens is 2. The Morgan fingerprint density at radius 3 is 2.38 bits per heavy atom. The lowest BCUT2D eigenvalue weighted by Gasteiger charge is -2.15. The quantitative estimate of drug-likeness (QED) is 0.939. The van der Waals surface area contributed by atoms with E-state index in [-0.39, 0.29) is 12.2 Å². The number of benzene rings is 1. The highest BCUT2D eigenvalue weighted by molar-refractivity contribution is 5.46. The molecule has 21 heavy (non-hydrogen) atoms. The highest BCUT2D eigenvalue weighted by Gasteiger charge is 2.34. The summed E-state index contributed by atoms with van der Waals surface area (Å²) in [4.78, 5) is 0. The molecule has 2 rings (SSSR count). The molecule has 0 aliphatic rings. The maximum absolute atomic E-state index is 13.3. The molecule has 1 aromatic carbocycles. The van der Waals surface area contributed by atoms with Crippen LogP contribution < -0.4 is 5.73 Å². The van der Waals surface area contributed by atoms with E-state index in [1.165, 1.54) is 10.7 Å². The molecule has 114 valence electrons. The number of nitrogens with two attached hydrogens (primary N) is 1. The van der Waals surface area contributed by atoms with Crippen LogP contribution in [-0.4, -0.2) is 9.78 Å². The second-order valence-corrected chi connectivity index (χ2v) is 4.80. The molecule has 0 fully saturated rings. The van der Waals surface area contributed by atoms with E-state index in [0.29, 0.717) is 18.4 Å². The first-order valence-corrected chi connectivity index (χ1v) is 6.89. The Morgan fingerprint density at radius 2 is 1.86 bits per heavy atom. The summed E-state index contributed by atoms with van der Waals surface area (Å²) >= 11 is 0. The number of halogens is 3. The van der Waals surface area contributed by atoms with E-state index < -0.39 is 11.7 Å². The molecule has 0 spiro atoms. The van der Waals surface area contributed by atoms with Gasteiger partial charge in [-0.2, -0.15) is 18.3 Å². The van der Waals surface area contributed by atoms with Crippen LogP contribution in [0, 0.1) is 0 Å². The lowest BCUT2D eigenvalue weighted by Crippen LogP contribution is -2.14. The van der Waals surface area contributed by atoms with Crippen molar-refractivity contribution in [1.82, 2.24) is 9.78 Å². The van der Waals surface area contributed by atoms with Crippen LogP contribution in [0.1, 0.15) is 36.4 Å². The highest BCUT2D eigenvalue weighted by Crippen LogP contribution is 2.35. The summed E-state index contributed by atoms with van der Waals surface area (Å²) in [5.41, 5.74) is 6.79. The lowest BCUT2D eigenvalue weighted by molar-refractivity contribution is -0.137. The van der Waals surface area contributed by atoms with Crippen molar-refractivity contribution < 1.29 is 13.2 Å². The molecular weight excluding hydrogens is 279 g/mol. The van der Waals surface area contributed by atoms with E-state index in [2.05, 4.69) is 5.10 Å². The van der Waals surface area contributed by atoms with Gasteiger partial charge in [-0.05, 0) is 36.6 Å². The third kappa shape index (κ3) is 3.10. The summed E-state index contributed by atoms with van der Waals surface area (Å²) in [6, 6.07) is 5.99. The average molecular weight is 297 g/mol. The second-order valence-electron chi connectivity index (χ2n) is 4.80. The van der Waals surface area contributed by atoms with Crippen LogP contribution in [0.4, 0.5) is 13.2 Å². The molecule has 6 heteroatoms. The molecule has 1 aromatic heterocycles. The molecule has 0 aliphatic heterocycles. The van der Waals surface area contributed by atoms with Gasteiger partial charge in [-0.15, -0.1) is 0 Å². The maximum atomic E-state index is 13.3. The fourth-order valence-corrected chi connectivity index (χ4v) is 2.23. The van der Waals surface area contributed by atoms with Crippen molar-refractivity contribution in [3.63, 3.8) is 0 Å². The predicted molar refractivity (Wildman–Crippen MR) is 75.2 cm³/mol. The Hall–Kier alpha value is -1.82. The van der Waals surface area contributed by atoms with Crippen molar-refractivity contribution in [3.05, 3.63) is 46.8 Å². The van der Waals surface area contributed by atoms with Gasteiger partial charge < -0.3 is 5.73 Å². The molecule has 2 N–H and O–H groups in total. The third-order valence-electron chi connectivity index (χ3n) is 3.39. The summed E-state index contributed by atoms with van der Waals surface area (Å²) in [6.45, 7) is 3.89. The van der Waals surface area contributed by atoms with Crippen molar-refractivity contribution in [2.24, 2.45) is 5.73 Å². The van der Waals surface area contributed by atoms with E-state index in [0.717, 1.165) is 17.5 Å². The molecule has 2 aromatic rings. The summed E-state index contributed by atoms with van der Waals surface area (Å²) in [5.74, 6) is 0. The smallest absolute Gasteiger partial charge is 0.326 e. The molecule has 0 bridgehead atoms. The Bertz CT molecular complexity index is 630. The fraction of sp³-hybridized carbons (Fsp3) is 0.400.